The van der Waals surface area contributed by atoms with E-state index in [0.717, 1.165) is 10.7 Å². The minimum atomic E-state index is -5.08. The lowest BCUT2D eigenvalue weighted by atomic mass is 9.99. The number of hydrogen-bond acceptors (Lipinski definition) is 3. The Kier molecular flexibility index (Phi) is 6.14. The van der Waals surface area contributed by atoms with Gasteiger partial charge in [0.05, 0.1) is 11.1 Å². The number of alkyl halides is 6. The number of halogens is 6. The molecule has 2 heterocycles. The quantitative estimate of drug-likeness (QED) is 0.455. The van der Waals surface area contributed by atoms with Crippen LogP contribution in [0.5, 0.6) is 0 Å². The standard InChI is InChI=1S/C21H22F6N4O/c1-5-12(6-2)31-15(7-3)28-17-16(29-30(4)19(32)18(17)31)13-9-8-11(20(22,23)24)10-14(13)21(25,26)27/h8-10,12H,5-7H2,1-4H3. The average Bonchev–Trinajstić information content (AvgIpc) is 3.10. The van der Waals surface area contributed by atoms with Crippen molar-refractivity contribution in [2.24, 2.45) is 7.05 Å². The number of nitrogens with zero attached hydrogens (tertiary/aromatic N) is 4. The first-order valence-electron chi connectivity index (χ1n) is 10.1. The van der Waals surface area contributed by atoms with Gasteiger partial charge in [0.1, 0.15) is 22.6 Å². The van der Waals surface area contributed by atoms with Crippen molar-refractivity contribution >= 4 is 11.0 Å². The largest absolute Gasteiger partial charge is 0.417 e. The van der Waals surface area contributed by atoms with Crippen molar-refractivity contribution in [3.63, 3.8) is 0 Å². The molecule has 174 valence electrons. The average molecular weight is 460 g/mol. The van der Waals surface area contributed by atoms with Gasteiger partial charge in [0.15, 0.2) is 0 Å². The van der Waals surface area contributed by atoms with Gasteiger partial charge in [-0.1, -0.05) is 26.8 Å². The van der Waals surface area contributed by atoms with Crippen molar-refractivity contribution in [1.29, 1.82) is 0 Å². The Morgan fingerprint density at radius 2 is 1.62 bits per heavy atom. The van der Waals surface area contributed by atoms with Crippen LogP contribution in [0.2, 0.25) is 0 Å². The number of aryl methyl sites for hydroxylation is 2. The third-order valence-electron chi connectivity index (χ3n) is 5.49. The summed E-state index contributed by atoms with van der Waals surface area (Å²) >= 11 is 0. The van der Waals surface area contributed by atoms with Crippen LogP contribution in [-0.4, -0.2) is 19.3 Å². The Morgan fingerprint density at radius 3 is 2.12 bits per heavy atom. The maximum Gasteiger partial charge on any atom is 0.417 e. The Labute approximate surface area is 179 Å². The molecule has 0 aliphatic carbocycles. The lowest BCUT2D eigenvalue weighted by Gasteiger charge is -2.19. The first kappa shape index (κ1) is 23.8. The molecule has 0 bridgehead atoms. The van der Waals surface area contributed by atoms with Crippen LogP contribution in [-0.2, 0) is 25.8 Å². The Hall–Kier alpha value is -2.85. The lowest BCUT2D eigenvalue weighted by Crippen LogP contribution is -2.24. The number of fused-ring (bicyclic) bond motifs is 1. The van der Waals surface area contributed by atoms with Crippen molar-refractivity contribution in [3.8, 4) is 11.3 Å². The molecule has 0 amide bonds. The van der Waals surface area contributed by atoms with E-state index in [9.17, 15) is 31.1 Å². The van der Waals surface area contributed by atoms with Crippen molar-refractivity contribution in [1.82, 2.24) is 19.3 Å². The van der Waals surface area contributed by atoms with Gasteiger partial charge in [0.25, 0.3) is 5.56 Å². The van der Waals surface area contributed by atoms with Gasteiger partial charge in [-0.2, -0.15) is 31.4 Å². The van der Waals surface area contributed by atoms with E-state index in [1.807, 2.05) is 13.8 Å². The molecule has 0 saturated carbocycles. The number of rotatable bonds is 5. The van der Waals surface area contributed by atoms with Crippen molar-refractivity contribution in [2.45, 2.75) is 58.4 Å². The van der Waals surface area contributed by atoms with Crippen LogP contribution in [0.4, 0.5) is 26.3 Å². The van der Waals surface area contributed by atoms with Gasteiger partial charge in [-0.25, -0.2) is 9.67 Å². The van der Waals surface area contributed by atoms with E-state index in [-0.39, 0.29) is 28.8 Å². The summed E-state index contributed by atoms with van der Waals surface area (Å²) in [5.74, 6) is 0.500. The zero-order chi connectivity index (χ0) is 24.0. The predicted molar refractivity (Wildman–Crippen MR) is 107 cm³/mol. The monoisotopic (exact) mass is 460 g/mol. The fourth-order valence-corrected chi connectivity index (χ4v) is 3.88. The normalized spacial score (nSPS) is 12.8. The van der Waals surface area contributed by atoms with Crippen molar-refractivity contribution in [2.75, 3.05) is 0 Å². The van der Waals surface area contributed by atoms with E-state index < -0.39 is 34.6 Å². The Bertz CT molecular complexity index is 1200. The van der Waals surface area contributed by atoms with Gasteiger partial charge in [-0.3, -0.25) is 4.79 Å². The molecule has 0 fully saturated rings. The summed E-state index contributed by atoms with van der Waals surface area (Å²) in [5.41, 5.74) is -4.27. The number of aromatic nitrogens is 4. The topological polar surface area (TPSA) is 52.7 Å². The van der Waals surface area contributed by atoms with Gasteiger partial charge >= 0.3 is 12.4 Å². The van der Waals surface area contributed by atoms with E-state index >= 15 is 0 Å². The summed E-state index contributed by atoms with van der Waals surface area (Å²) in [5, 5.41) is 3.98. The van der Waals surface area contributed by atoms with E-state index in [1.165, 1.54) is 7.05 Å². The molecule has 0 aliphatic heterocycles. The van der Waals surface area contributed by atoms with Crippen LogP contribution in [0.1, 0.15) is 56.6 Å². The fourth-order valence-electron chi connectivity index (χ4n) is 3.88. The molecule has 0 aliphatic rings. The van der Waals surface area contributed by atoms with Gasteiger partial charge in [-0.05, 0) is 25.0 Å². The highest BCUT2D eigenvalue weighted by molar-refractivity contribution is 5.90. The smallest absolute Gasteiger partial charge is 0.320 e. The maximum absolute atomic E-state index is 13.8. The molecule has 3 aromatic rings. The fraction of sp³-hybridized carbons (Fsp3) is 0.476. The molecule has 5 nitrogen and oxygen atoms in total. The highest BCUT2D eigenvalue weighted by Gasteiger charge is 2.39. The summed E-state index contributed by atoms with van der Waals surface area (Å²) < 4.78 is 83.2. The van der Waals surface area contributed by atoms with E-state index in [2.05, 4.69) is 10.1 Å². The second-order valence-corrected chi connectivity index (χ2v) is 7.45. The number of hydrogen-bond donors (Lipinski definition) is 0. The molecule has 3 rings (SSSR count). The van der Waals surface area contributed by atoms with E-state index in [0.29, 0.717) is 31.2 Å². The van der Waals surface area contributed by atoms with Crippen LogP contribution in [0.3, 0.4) is 0 Å². The second kappa shape index (κ2) is 8.25. The SMILES string of the molecule is CCc1nc2c(-c3ccc(C(F)(F)F)cc3C(F)(F)F)nn(C)c(=O)c2n1C(CC)CC. The van der Waals surface area contributed by atoms with Crippen LogP contribution in [0.15, 0.2) is 23.0 Å². The molecule has 0 radical (unpaired) electrons. The molecule has 11 heteroatoms. The highest BCUT2D eigenvalue weighted by Crippen LogP contribution is 2.41. The molecular weight excluding hydrogens is 438 g/mol. The molecule has 0 N–H and O–H groups in total. The van der Waals surface area contributed by atoms with Crippen molar-refractivity contribution in [3.05, 3.63) is 45.5 Å². The first-order chi connectivity index (χ1) is 14.8. The van der Waals surface area contributed by atoms with Crippen molar-refractivity contribution < 1.29 is 26.3 Å². The molecule has 2 aromatic heterocycles. The predicted octanol–water partition coefficient (Wildman–Crippen LogP) is 5.76. The molecule has 0 atom stereocenters. The minimum Gasteiger partial charge on any atom is -0.320 e. The molecule has 0 unspecified atom stereocenters. The highest BCUT2D eigenvalue weighted by atomic mass is 19.4. The first-order valence-corrected chi connectivity index (χ1v) is 10.1. The summed E-state index contributed by atoms with van der Waals surface area (Å²) in [4.78, 5) is 17.4. The number of imidazole rings is 1. The molecular formula is C21H22F6N4O. The van der Waals surface area contributed by atoms with Crippen LogP contribution < -0.4 is 5.56 Å². The third kappa shape index (κ3) is 4.00. The summed E-state index contributed by atoms with van der Waals surface area (Å²) in [6.07, 6.45) is -8.30. The van der Waals surface area contributed by atoms with Crippen LogP contribution >= 0.6 is 0 Å². The Morgan fingerprint density at radius 1 is 1.00 bits per heavy atom. The van der Waals surface area contributed by atoms with E-state index in [1.54, 1.807) is 11.5 Å². The summed E-state index contributed by atoms with van der Waals surface area (Å²) in [6.45, 7) is 5.64. The van der Waals surface area contributed by atoms with Gasteiger partial charge in [-0.15, -0.1) is 0 Å². The summed E-state index contributed by atoms with van der Waals surface area (Å²) in [6, 6.07) is 1.25. The van der Waals surface area contributed by atoms with Crippen LogP contribution in [0.25, 0.3) is 22.3 Å². The molecule has 1 aromatic carbocycles. The molecule has 0 saturated heterocycles. The maximum atomic E-state index is 13.8. The zero-order valence-electron chi connectivity index (χ0n) is 17.9. The Balaban J connectivity index is 2.46. The van der Waals surface area contributed by atoms with E-state index in [4.69, 9.17) is 0 Å². The van der Waals surface area contributed by atoms with Gasteiger partial charge < -0.3 is 4.57 Å². The molecule has 0 spiro atoms. The van der Waals surface area contributed by atoms with Gasteiger partial charge in [0, 0.05) is 25.1 Å². The molecule has 32 heavy (non-hydrogen) atoms. The summed E-state index contributed by atoms with van der Waals surface area (Å²) in [7, 11) is 1.29. The zero-order valence-corrected chi connectivity index (χ0v) is 17.9. The second-order valence-electron chi connectivity index (χ2n) is 7.45. The minimum absolute atomic E-state index is 0.0536. The third-order valence-corrected chi connectivity index (χ3v) is 5.49. The number of benzene rings is 1. The lowest BCUT2D eigenvalue weighted by molar-refractivity contribution is -0.142. The van der Waals surface area contributed by atoms with Gasteiger partial charge in [0.2, 0.25) is 0 Å². The van der Waals surface area contributed by atoms with Crippen LogP contribution in [0, 0.1) is 0 Å².